The molecule has 0 aromatic heterocycles. The molecule has 1 unspecified atom stereocenters. The number of aliphatic imine (C=N–C) groups is 1. The van der Waals surface area contributed by atoms with Crippen molar-refractivity contribution in [3.05, 3.63) is 78.8 Å². The van der Waals surface area contributed by atoms with Crippen molar-refractivity contribution in [3.63, 3.8) is 0 Å². The zero-order valence-electron chi connectivity index (χ0n) is 22.4. The Morgan fingerprint density at radius 3 is 2.55 bits per heavy atom. The molecule has 4 N–H and O–H groups in total. The molecule has 3 aliphatic heterocycles. The van der Waals surface area contributed by atoms with Crippen molar-refractivity contribution in [2.45, 2.75) is 33.1 Å². The van der Waals surface area contributed by atoms with Gasteiger partial charge in [-0.2, -0.15) is 0 Å². The van der Waals surface area contributed by atoms with Gasteiger partial charge in [-0.05, 0) is 60.7 Å². The molecule has 198 valence electrons. The predicted molar refractivity (Wildman–Crippen MR) is 159 cm³/mol. The number of anilines is 3. The standard InChI is InChI=1S/C31H38N6O/c1-4-22(2)11-14-37-23(3)30(35-28-10-5-24(17-29(28)37)25(18-32)19-33)34-26-6-8-27(9-7-26)36-15-12-31(13-16-36)20-38-21-31/h5-11,14,17-19,22,32H,3-4,12-13,15-16,20-21,33H2,1-2H3,(H,34,35)/b14-11-,25-19+,32-18?. The Balaban J connectivity index is 1.37. The average molecular weight is 511 g/mol. The van der Waals surface area contributed by atoms with E-state index in [2.05, 4.69) is 72.1 Å². The maximum atomic E-state index is 7.69. The van der Waals surface area contributed by atoms with E-state index in [-0.39, 0.29) is 0 Å². The first kappa shape index (κ1) is 25.8. The van der Waals surface area contributed by atoms with Crippen LogP contribution in [-0.4, -0.2) is 38.4 Å². The molecule has 3 aliphatic rings. The van der Waals surface area contributed by atoms with Gasteiger partial charge in [-0.15, -0.1) is 0 Å². The number of rotatable bonds is 7. The van der Waals surface area contributed by atoms with E-state index < -0.39 is 0 Å². The third kappa shape index (κ3) is 5.11. The van der Waals surface area contributed by atoms with Crippen molar-refractivity contribution in [2.75, 3.05) is 41.4 Å². The number of piperidine rings is 1. The zero-order chi connectivity index (χ0) is 26.7. The molecule has 2 aromatic rings. The maximum Gasteiger partial charge on any atom is 0.154 e. The largest absolute Gasteiger partial charge is 0.404 e. The van der Waals surface area contributed by atoms with Gasteiger partial charge in [-0.1, -0.05) is 39.0 Å². The van der Waals surface area contributed by atoms with Crippen LogP contribution in [0.4, 0.5) is 22.7 Å². The summed E-state index contributed by atoms with van der Waals surface area (Å²) < 4.78 is 5.47. The van der Waals surface area contributed by atoms with Gasteiger partial charge in [0, 0.05) is 54.1 Å². The fraction of sp³-hybridized carbons (Fsp3) is 0.355. The minimum absolute atomic E-state index is 0.430. The molecule has 7 nitrogen and oxygen atoms in total. The number of amidine groups is 1. The third-order valence-corrected chi connectivity index (χ3v) is 8.04. The Labute approximate surface area is 225 Å². The molecule has 3 heterocycles. The molecule has 5 rings (SSSR count). The Kier molecular flexibility index (Phi) is 7.38. The highest BCUT2D eigenvalue weighted by molar-refractivity contribution is 6.15. The molecule has 0 radical (unpaired) electrons. The molecule has 0 saturated carbocycles. The Hall–Kier alpha value is -3.84. The highest BCUT2D eigenvalue weighted by Crippen LogP contribution is 2.40. The minimum Gasteiger partial charge on any atom is -0.404 e. The molecular weight excluding hydrogens is 472 g/mol. The second kappa shape index (κ2) is 10.9. The average Bonchev–Trinajstić information content (AvgIpc) is 2.93. The summed E-state index contributed by atoms with van der Waals surface area (Å²) in [5, 5.41) is 11.2. The van der Waals surface area contributed by atoms with E-state index in [0.717, 1.165) is 61.0 Å². The Morgan fingerprint density at radius 1 is 1.21 bits per heavy atom. The van der Waals surface area contributed by atoms with Crippen LogP contribution in [0.25, 0.3) is 5.57 Å². The minimum atomic E-state index is 0.430. The molecule has 0 aliphatic carbocycles. The second-order valence-corrected chi connectivity index (χ2v) is 10.6. The Morgan fingerprint density at radius 2 is 1.95 bits per heavy atom. The van der Waals surface area contributed by atoms with Crippen LogP contribution in [0.1, 0.15) is 38.7 Å². The van der Waals surface area contributed by atoms with E-state index in [9.17, 15) is 0 Å². The normalized spacial score (nSPS) is 19.7. The van der Waals surface area contributed by atoms with Crippen LogP contribution in [0.5, 0.6) is 0 Å². The topological polar surface area (TPSA) is 90.0 Å². The second-order valence-electron chi connectivity index (χ2n) is 10.6. The molecule has 2 aromatic carbocycles. The van der Waals surface area contributed by atoms with E-state index in [1.54, 1.807) is 0 Å². The van der Waals surface area contributed by atoms with Gasteiger partial charge >= 0.3 is 0 Å². The monoisotopic (exact) mass is 510 g/mol. The van der Waals surface area contributed by atoms with E-state index in [4.69, 9.17) is 20.9 Å². The van der Waals surface area contributed by atoms with Crippen LogP contribution in [-0.2, 0) is 4.74 Å². The fourth-order valence-electron chi connectivity index (χ4n) is 5.11. The number of hydrogen-bond acceptors (Lipinski definition) is 7. The lowest BCUT2D eigenvalue weighted by Gasteiger charge is -2.47. The third-order valence-electron chi connectivity index (χ3n) is 8.04. The molecule has 0 bridgehead atoms. The van der Waals surface area contributed by atoms with E-state index in [1.807, 2.05) is 18.2 Å². The van der Waals surface area contributed by atoms with Gasteiger partial charge in [0.15, 0.2) is 5.84 Å². The van der Waals surface area contributed by atoms with Crippen molar-refractivity contribution in [2.24, 2.45) is 22.1 Å². The number of nitrogens with two attached hydrogens (primary N) is 1. The quantitative estimate of drug-likeness (QED) is 0.381. The van der Waals surface area contributed by atoms with Crippen LogP contribution < -0.4 is 20.9 Å². The smallest absolute Gasteiger partial charge is 0.154 e. The summed E-state index contributed by atoms with van der Waals surface area (Å²) in [5.41, 5.74) is 12.4. The highest BCUT2D eigenvalue weighted by Gasteiger charge is 2.41. The van der Waals surface area contributed by atoms with Crippen molar-refractivity contribution in [3.8, 4) is 0 Å². The van der Waals surface area contributed by atoms with Crippen LogP contribution in [0.2, 0.25) is 0 Å². The summed E-state index contributed by atoms with van der Waals surface area (Å²) in [6, 6.07) is 14.5. The summed E-state index contributed by atoms with van der Waals surface area (Å²) in [5.74, 6) is 1.14. The zero-order valence-corrected chi connectivity index (χ0v) is 22.4. The van der Waals surface area contributed by atoms with E-state index >= 15 is 0 Å². The van der Waals surface area contributed by atoms with Crippen molar-refractivity contribution >= 4 is 40.4 Å². The molecule has 0 amide bonds. The van der Waals surface area contributed by atoms with Gasteiger partial charge in [0.1, 0.15) is 0 Å². The lowest BCUT2D eigenvalue weighted by atomic mass is 9.77. The van der Waals surface area contributed by atoms with Gasteiger partial charge in [-0.25, -0.2) is 4.99 Å². The number of ether oxygens (including phenoxy) is 1. The SMILES string of the molecule is C=C1C(Nc2ccc(N3CCC4(CC3)COC4)cc2)=Nc2ccc(/C(C=N)=C/N)cc2N1/C=C\C(C)CC. The first-order valence-corrected chi connectivity index (χ1v) is 13.5. The number of nitrogens with zero attached hydrogens (tertiary/aromatic N) is 3. The van der Waals surface area contributed by atoms with Gasteiger partial charge < -0.3 is 31.0 Å². The van der Waals surface area contributed by atoms with Crippen LogP contribution >= 0.6 is 0 Å². The van der Waals surface area contributed by atoms with Crippen LogP contribution in [0.15, 0.2) is 78.2 Å². The number of benzene rings is 2. The first-order valence-electron chi connectivity index (χ1n) is 13.5. The van der Waals surface area contributed by atoms with E-state index in [1.165, 1.54) is 30.9 Å². The number of allylic oxidation sites excluding steroid dienone is 2. The summed E-state index contributed by atoms with van der Waals surface area (Å²) in [7, 11) is 0. The first-order chi connectivity index (χ1) is 18.4. The lowest BCUT2D eigenvalue weighted by Crippen LogP contribution is -2.50. The predicted octanol–water partition coefficient (Wildman–Crippen LogP) is 6.29. The lowest BCUT2D eigenvalue weighted by molar-refractivity contribution is -0.124. The molecular formula is C31H38N6O. The van der Waals surface area contributed by atoms with Gasteiger partial charge in [0.2, 0.25) is 0 Å². The molecule has 2 saturated heterocycles. The van der Waals surface area contributed by atoms with Crippen molar-refractivity contribution in [1.29, 1.82) is 5.41 Å². The van der Waals surface area contributed by atoms with Crippen LogP contribution in [0, 0.1) is 16.7 Å². The summed E-state index contributed by atoms with van der Waals surface area (Å²) >= 11 is 0. The molecule has 2 fully saturated rings. The number of fused-ring (bicyclic) bond motifs is 1. The summed E-state index contributed by atoms with van der Waals surface area (Å²) in [6.07, 6.45) is 10.4. The van der Waals surface area contributed by atoms with Crippen molar-refractivity contribution < 1.29 is 4.74 Å². The molecule has 1 spiro atoms. The molecule has 38 heavy (non-hydrogen) atoms. The molecule has 1 atom stereocenters. The number of nitrogens with one attached hydrogen (secondary N) is 2. The number of hydrogen-bond donors (Lipinski definition) is 3. The highest BCUT2D eigenvalue weighted by atomic mass is 16.5. The van der Waals surface area contributed by atoms with Gasteiger partial charge in [0.25, 0.3) is 0 Å². The maximum absolute atomic E-state index is 7.69. The van der Waals surface area contributed by atoms with Crippen molar-refractivity contribution in [1.82, 2.24) is 0 Å². The Bertz CT molecular complexity index is 1280. The summed E-state index contributed by atoms with van der Waals surface area (Å²) in [6.45, 7) is 12.8. The van der Waals surface area contributed by atoms with E-state index in [0.29, 0.717) is 22.7 Å². The van der Waals surface area contributed by atoms with Gasteiger partial charge in [-0.3, -0.25) is 0 Å². The summed E-state index contributed by atoms with van der Waals surface area (Å²) in [4.78, 5) is 9.46. The molecule has 7 heteroatoms. The van der Waals surface area contributed by atoms with Crippen LogP contribution in [0.3, 0.4) is 0 Å². The van der Waals surface area contributed by atoms with Gasteiger partial charge in [0.05, 0.1) is 30.3 Å². The fourth-order valence-corrected chi connectivity index (χ4v) is 5.11.